The minimum absolute atomic E-state index is 0.131. The Morgan fingerprint density at radius 3 is 2.58 bits per heavy atom. The van der Waals surface area contributed by atoms with Gasteiger partial charge in [0.1, 0.15) is 0 Å². The van der Waals surface area contributed by atoms with E-state index in [2.05, 4.69) is 58.1 Å². The minimum Gasteiger partial charge on any atom is -0.358 e. The highest BCUT2D eigenvalue weighted by atomic mass is 79.9. The summed E-state index contributed by atoms with van der Waals surface area (Å²) in [5.41, 5.74) is 2.57. The molecule has 24 heavy (non-hydrogen) atoms. The van der Waals surface area contributed by atoms with E-state index >= 15 is 0 Å². The maximum atomic E-state index is 12.4. The van der Waals surface area contributed by atoms with Crippen LogP contribution in [0.5, 0.6) is 0 Å². The van der Waals surface area contributed by atoms with Crippen LogP contribution >= 0.6 is 60.0 Å². The number of benzene rings is 1. The Labute approximate surface area is 170 Å². The van der Waals surface area contributed by atoms with Crippen LogP contribution in [0, 0.1) is 0 Å². The summed E-state index contributed by atoms with van der Waals surface area (Å²) in [6.45, 7) is 1.86. The quantitative estimate of drug-likeness (QED) is 0.461. The fourth-order valence-corrected chi connectivity index (χ4v) is 4.45. The number of rotatable bonds is 2. The second-order valence-corrected chi connectivity index (χ2v) is 7.91. The van der Waals surface area contributed by atoms with E-state index in [1.165, 1.54) is 0 Å². The first-order chi connectivity index (χ1) is 11.5. The summed E-state index contributed by atoms with van der Waals surface area (Å²) in [5, 5.41) is 3.83. The summed E-state index contributed by atoms with van der Waals surface area (Å²) in [6, 6.07) is 10.0. The standard InChI is InChI=1S/C16H12Br3N3OS/c17-10-11(18)15(23)12(19)14-13(10)20-6-7-22(14)16(24)21-8-9-4-2-1-3-5-9/h1-5H,6-8H2,(H,21,24). The molecule has 1 heterocycles. The lowest BCUT2D eigenvalue weighted by atomic mass is 10.1. The first-order valence-electron chi connectivity index (χ1n) is 7.15. The van der Waals surface area contributed by atoms with Crippen molar-refractivity contribution in [2.24, 2.45) is 4.99 Å². The van der Waals surface area contributed by atoms with Gasteiger partial charge in [0.2, 0.25) is 5.78 Å². The Balaban J connectivity index is 1.83. The van der Waals surface area contributed by atoms with E-state index in [-0.39, 0.29) is 5.78 Å². The molecule has 1 N–H and O–H groups in total. The smallest absolute Gasteiger partial charge is 0.210 e. The maximum Gasteiger partial charge on any atom is 0.210 e. The van der Waals surface area contributed by atoms with E-state index < -0.39 is 0 Å². The van der Waals surface area contributed by atoms with Gasteiger partial charge in [0.25, 0.3) is 0 Å². The van der Waals surface area contributed by atoms with Crippen LogP contribution in [0.3, 0.4) is 0 Å². The summed E-state index contributed by atoms with van der Waals surface area (Å²) in [4.78, 5) is 18.8. The third-order valence-electron chi connectivity index (χ3n) is 3.63. The molecule has 1 aromatic rings. The Morgan fingerprint density at radius 1 is 1.17 bits per heavy atom. The summed E-state index contributed by atoms with van der Waals surface area (Å²) in [7, 11) is 0. The van der Waals surface area contributed by atoms with Gasteiger partial charge >= 0.3 is 0 Å². The highest BCUT2D eigenvalue weighted by Crippen LogP contribution is 2.37. The number of hydrogen-bond donors (Lipinski definition) is 1. The maximum absolute atomic E-state index is 12.4. The number of carbonyl (C=O) groups is 1. The molecule has 1 aromatic carbocycles. The lowest BCUT2D eigenvalue weighted by molar-refractivity contribution is -0.111. The highest BCUT2D eigenvalue weighted by molar-refractivity contribution is 9.15. The molecule has 0 atom stereocenters. The summed E-state index contributed by atoms with van der Waals surface area (Å²) in [5.74, 6) is -0.131. The Hall–Kier alpha value is -0.830. The number of carbonyl (C=O) groups excluding carboxylic acids is 1. The molecule has 4 nitrogen and oxygen atoms in total. The normalized spacial score (nSPS) is 17.7. The molecule has 1 aliphatic carbocycles. The Morgan fingerprint density at radius 2 is 1.88 bits per heavy atom. The van der Waals surface area contributed by atoms with Gasteiger partial charge in [-0.15, -0.1) is 0 Å². The van der Waals surface area contributed by atoms with Gasteiger partial charge in [0, 0.05) is 13.1 Å². The molecule has 8 heteroatoms. The predicted molar refractivity (Wildman–Crippen MR) is 111 cm³/mol. The minimum atomic E-state index is -0.131. The van der Waals surface area contributed by atoms with E-state index in [4.69, 9.17) is 12.2 Å². The van der Waals surface area contributed by atoms with Crippen molar-refractivity contribution in [1.82, 2.24) is 10.2 Å². The van der Waals surface area contributed by atoms with Crippen molar-refractivity contribution in [1.29, 1.82) is 0 Å². The number of Topliss-reactive ketones (excluding diaryl/α,β-unsaturated/α-hetero) is 1. The topological polar surface area (TPSA) is 44.7 Å². The molecule has 0 saturated heterocycles. The molecule has 1 aliphatic heterocycles. The van der Waals surface area contributed by atoms with Gasteiger partial charge in [-0.05, 0) is 65.6 Å². The number of nitrogens with one attached hydrogen (secondary N) is 1. The number of allylic oxidation sites excluding steroid dienone is 3. The van der Waals surface area contributed by atoms with Gasteiger partial charge in [0.15, 0.2) is 5.11 Å². The van der Waals surface area contributed by atoms with Gasteiger partial charge < -0.3 is 10.2 Å². The number of thiocarbonyl (C=S) groups is 1. The summed E-state index contributed by atoms with van der Waals surface area (Å²) >= 11 is 15.7. The first-order valence-corrected chi connectivity index (χ1v) is 9.93. The number of halogens is 3. The van der Waals surface area contributed by atoms with Crippen LogP contribution in [0.2, 0.25) is 0 Å². The van der Waals surface area contributed by atoms with E-state index in [1.54, 1.807) is 0 Å². The van der Waals surface area contributed by atoms with Crippen LogP contribution in [-0.4, -0.2) is 34.6 Å². The molecule has 124 valence electrons. The van der Waals surface area contributed by atoms with Gasteiger partial charge in [-0.1, -0.05) is 30.3 Å². The number of fused-ring (bicyclic) bond motifs is 1. The number of hydrogen-bond acceptors (Lipinski definition) is 3. The van der Waals surface area contributed by atoms with Gasteiger partial charge in [-0.2, -0.15) is 0 Å². The molecule has 0 radical (unpaired) electrons. The fourth-order valence-electron chi connectivity index (χ4n) is 2.45. The van der Waals surface area contributed by atoms with Crippen molar-refractivity contribution < 1.29 is 4.79 Å². The van der Waals surface area contributed by atoms with Crippen LogP contribution in [-0.2, 0) is 11.3 Å². The average Bonchev–Trinajstić information content (AvgIpc) is 2.62. The molecule has 0 spiro atoms. The molecular formula is C16H12Br3N3OS. The number of ketones is 1. The van der Waals surface area contributed by atoms with Crippen molar-refractivity contribution in [3.63, 3.8) is 0 Å². The second kappa shape index (κ2) is 7.59. The largest absolute Gasteiger partial charge is 0.358 e. The van der Waals surface area contributed by atoms with Gasteiger partial charge in [-0.25, -0.2) is 0 Å². The molecule has 0 unspecified atom stereocenters. The van der Waals surface area contributed by atoms with Crippen LogP contribution in [0.4, 0.5) is 0 Å². The molecule has 2 aliphatic rings. The molecular weight excluding hydrogens is 522 g/mol. The second-order valence-electron chi connectivity index (χ2n) is 5.15. The van der Waals surface area contributed by atoms with Gasteiger partial charge in [0.05, 0.1) is 31.4 Å². The molecule has 0 fully saturated rings. The lowest BCUT2D eigenvalue weighted by Crippen LogP contribution is -2.46. The zero-order valence-corrected chi connectivity index (χ0v) is 17.9. The van der Waals surface area contributed by atoms with Crippen molar-refractivity contribution in [3.05, 3.63) is 55.0 Å². The van der Waals surface area contributed by atoms with Crippen LogP contribution in [0.1, 0.15) is 5.56 Å². The third kappa shape index (κ3) is 3.42. The summed E-state index contributed by atoms with van der Waals surface area (Å²) < 4.78 is 1.57. The highest BCUT2D eigenvalue weighted by Gasteiger charge is 2.35. The van der Waals surface area contributed by atoms with Crippen LogP contribution in [0.25, 0.3) is 0 Å². The predicted octanol–water partition coefficient (Wildman–Crippen LogP) is 4.01. The monoisotopic (exact) mass is 531 g/mol. The number of aliphatic imine (C=N–C) groups is 1. The van der Waals surface area contributed by atoms with E-state index in [9.17, 15) is 4.79 Å². The van der Waals surface area contributed by atoms with E-state index in [0.717, 1.165) is 11.3 Å². The fraction of sp³-hybridized carbons (Fsp3) is 0.188. The zero-order valence-electron chi connectivity index (χ0n) is 12.4. The SMILES string of the molecule is O=C1C(Br)=C(Br)C2=NCCN(C(=S)NCc3ccccc3)C2=C1Br. The van der Waals surface area contributed by atoms with Crippen LogP contribution in [0.15, 0.2) is 54.5 Å². The number of nitrogens with zero attached hydrogens (tertiary/aromatic N) is 2. The molecule has 0 amide bonds. The van der Waals surface area contributed by atoms with Crippen molar-refractivity contribution in [2.45, 2.75) is 6.54 Å². The van der Waals surface area contributed by atoms with Crippen LogP contribution < -0.4 is 5.32 Å². The third-order valence-corrected chi connectivity index (χ3v) is 6.79. The molecule has 0 aromatic heterocycles. The first kappa shape index (κ1) is 18.0. The molecule has 0 saturated carbocycles. The van der Waals surface area contributed by atoms with Crippen molar-refractivity contribution in [3.8, 4) is 0 Å². The zero-order chi connectivity index (χ0) is 17.3. The van der Waals surface area contributed by atoms with Crippen molar-refractivity contribution in [2.75, 3.05) is 13.1 Å². The van der Waals surface area contributed by atoms with E-state index in [0.29, 0.717) is 43.9 Å². The molecule has 0 bridgehead atoms. The average molecular weight is 534 g/mol. The van der Waals surface area contributed by atoms with Gasteiger partial charge in [-0.3, -0.25) is 9.79 Å². The lowest BCUT2D eigenvalue weighted by Gasteiger charge is -2.34. The molecule has 3 rings (SSSR count). The van der Waals surface area contributed by atoms with Crippen molar-refractivity contribution >= 4 is 76.6 Å². The Bertz CT molecular complexity index is 802. The Kier molecular flexibility index (Phi) is 5.69. The summed E-state index contributed by atoms with van der Waals surface area (Å²) in [6.07, 6.45) is 0. The van der Waals surface area contributed by atoms with E-state index in [1.807, 2.05) is 35.2 Å².